The van der Waals surface area contributed by atoms with Gasteiger partial charge in [-0.3, -0.25) is 13.9 Å². The lowest BCUT2D eigenvalue weighted by Crippen LogP contribution is -2.54. The summed E-state index contributed by atoms with van der Waals surface area (Å²) in [6, 6.07) is 16.0. The second kappa shape index (κ2) is 13.0. The largest absolute Gasteiger partial charge is 0.350 e. The number of carbonyl (C=O) groups is 2. The number of hydrogen-bond donors (Lipinski definition) is 1. The van der Waals surface area contributed by atoms with E-state index in [0.717, 1.165) is 4.31 Å². The van der Waals surface area contributed by atoms with Crippen molar-refractivity contribution >= 4 is 73.9 Å². The van der Waals surface area contributed by atoms with Gasteiger partial charge < -0.3 is 10.2 Å². The minimum absolute atomic E-state index is 0.0210. The first-order valence-electron chi connectivity index (χ1n) is 12.2. The van der Waals surface area contributed by atoms with E-state index in [-0.39, 0.29) is 32.2 Å². The van der Waals surface area contributed by atoms with Crippen LogP contribution in [0.4, 0.5) is 5.69 Å². The van der Waals surface area contributed by atoms with E-state index in [2.05, 4.69) is 5.32 Å². The monoisotopic (exact) mass is 643 g/mol. The number of sulfonamides is 1. The molecule has 7 nitrogen and oxygen atoms in total. The van der Waals surface area contributed by atoms with Crippen molar-refractivity contribution in [3.8, 4) is 0 Å². The van der Waals surface area contributed by atoms with Crippen LogP contribution in [0.15, 0.2) is 71.6 Å². The molecule has 12 heteroatoms. The van der Waals surface area contributed by atoms with Crippen molar-refractivity contribution in [2.45, 2.75) is 50.7 Å². The van der Waals surface area contributed by atoms with Gasteiger partial charge in [-0.15, -0.1) is 0 Å². The smallest absolute Gasteiger partial charge is 0.264 e. The summed E-state index contributed by atoms with van der Waals surface area (Å²) in [7, 11) is -4.28. The first-order valence-corrected chi connectivity index (χ1v) is 15.1. The summed E-state index contributed by atoms with van der Waals surface area (Å²) < 4.78 is 28.6. The summed E-state index contributed by atoms with van der Waals surface area (Å²) in [4.78, 5) is 28.4. The van der Waals surface area contributed by atoms with Crippen molar-refractivity contribution in [3.63, 3.8) is 0 Å². The normalized spacial score (nSPS) is 12.5. The predicted molar refractivity (Wildman–Crippen MR) is 162 cm³/mol. The SMILES string of the molecule is CC(C(=O)NC(C)(C)C)N(Cc1ccc(Cl)c(Cl)c1)C(=O)CN(c1cccc(Cl)c1Cl)S(=O)(=O)c1ccccc1. The third-order valence-corrected chi connectivity index (χ3v) is 9.13. The van der Waals surface area contributed by atoms with Gasteiger partial charge in [-0.1, -0.05) is 76.7 Å². The number of nitrogens with zero attached hydrogens (tertiary/aromatic N) is 2. The maximum Gasteiger partial charge on any atom is 0.264 e. The van der Waals surface area contributed by atoms with Crippen molar-refractivity contribution in [1.29, 1.82) is 0 Å². The highest BCUT2D eigenvalue weighted by atomic mass is 35.5. The van der Waals surface area contributed by atoms with Gasteiger partial charge in [0.15, 0.2) is 0 Å². The Balaban J connectivity index is 2.08. The van der Waals surface area contributed by atoms with Crippen LogP contribution in [-0.4, -0.2) is 43.3 Å². The number of carbonyl (C=O) groups excluding carboxylic acids is 2. The minimum atomic E-state index is -4.28. The molecule has 3 aromatic rings. The fourth-order valence-electron chi connectivity index (χ4n) is 3.81. The lowest BCUT2D eigenvalue weighted by atomic mass is 10.1. The Morgan fingerprint density at radius 2 is 1.52 bits per heavy atom. The zero-order chi connectivity index (χ0) is 29.8. The molecule has 2 amide bonds. The molecule has 0 saturated carbocycles. The molecule has 0 aliphatic carbocycles. The zero-order valence-electron chi connectivity index (χ0n) is 22.3. The molecule has 0 aliphatic heterocycles. The second-order valence-corrected chi connectivity index (χ2v) is 13.5. The minimum Gasteiger partial charge on any atom is -0.350 e. The lowest BCUT2D eigenvalue weighted by Gasteiger charge is -2.33. The Morgan fingerprint density at radius 1 is 0.875 bits per heavy atom. The van der Waals surface area contributed by atoms with Gasteiger partial charge >= 0.3 is 0 Å². The number of nitrogens with one attached hydrogen (secondary N) is 1. The first kappa shape index (κ1) is 32.0. The fourth-order valence-corrected chi connectivity index (χ4v) is 6.02. The molecule has 214 valence electrons. The van der Waals surface area contributed by atoms with Crippen molar-refractivity contribution in [2.75, 3.05) is 10.8 Å². The molecule has 0 fully saturated rings. The fraction of sp³-hybridized carbons (Fsp3) is 0.286. The van der Waals surface area contributed by atoms with Gasteiger partial charge in [0, 0.05) is 12.1 Å². The topological polar surface area (TPSA) is 86.8 Å². The van der Waals surface area contributed by atoms with E-state index < -0.39 is 40.0 Å². The average molecular weight is 645 g/mol. The van der Waals surface area contributed by atoms with Crippen LogP contribution in [0.3, 0.4) is 0 Å². The number of amides is 2. The summed E-state index contributed by atoms with van der Waals surface area (Å²) in [6.07, 6.45) is 0. The number of rotatable bonds is 9. The molecule has 3 aromatic carbocycles. The molecule has 0 spiro atoms. The molecule has 0 aromatic heterocycles. The Bertz CT molecular complexity index is 1500. The summed E-state index contributed by atoms with van der Waals surface area (Å²) >= 11 is 24.9. The van der Waals surface area contributed by atoms with Crippen LogP contribution in [0.2, 0.25) is 20.1 Å². The molecule has 1 unspecified atom stereocenters. The van der Waals surface area contributed by atoms with E-state index in [1.165, 1.54) is 35.2 Å². The molecule has 40 heavy (non-hydrogen) atoms. The van der Waals surface area contributed by atoms with Crippen LogP contribution in [-0.2, 0) is 26.2 Å². The zero-order valence-corrected chi connectivity index (χ0v) is 26.1. The number of hydrogen-bond acceptors (Lipinski definition) is 4. The van der Waals surface area contributed by atoms with Crippen molar-refractivity contribution < 1.29 is 18.0 Å². The summed E-state index contributed by atoms with van der Waals surface area (Å²) in [5, 5.41) is 3.55. The maximum atomic E-state index is 14.0. The molecule has 0 aliphatic rings. The van der Waals surface area contributed by atoms with Crippen LogP contribution < -0.4 is 9.62 Å². The highest BCUT2D eigenvalue weighted by molar-refractivity contribution is 7.92. The van der Waals surface area contributed by atoms with E-state index in [1.54, 1.807) is 43.3 Å². The van der Waals surface area contributed by atoms with Crippen LogP contribution in [0.25, 0.3) is 0 Å². The molecule has 0 radical (unpaired) electrons. The van der Waals surface area contributed by atoms with E-state index in [9.17, 15) is 18.0 Å². The Hall–Kier alpha value is -2.49. The summed E-state index contributed by atoms with van der Waals surface area (Å²) in [6.45, 7) is 6.32. The summed E-state index contributed by atoms with van der Waals surface area (Å²) in [5.41, 5.74) is 0.0461. The Kier molecular flexibility index (Phi) is 10.4. The van der Waals surface area contributed by atoms with Gasteiger partial charge in [-0.2, -0.15) is 0 Å². The predicted octanol–water partition coefficient (Wildman–Crippen LogP) is 6.83. The third kappa shape index (κ3) is 7.83. The van der Waals surface area contributed by atoms with Gasteiger partial charge in [0.25, 0.3) is 10.0 Å². The van der Waals surface area contributed by atoms with E-state index in [0.29, 0.717) is 10.6 Å². The van der Waals surface area contributed by atoms with Crippen molar-refractivity contribution in [1.82, 2.24) is 10.2 Å². The molecule has 1 N–H and O–H groups in total. The number of halogens is 4. The average Bonchev–Trinajstić information content (AvgIpc) is 2.88. The Labute approximate surface area is 255 Å². The maximum absolute atomic E-state index is 14.0. The second-order valence-electron chi connectivity index (χ2n) is 10.1. The lowest BCUT2D eigenvalue weighted by molar-refractivity contribution is -0.140. The molecule has 0 saturated heterocycles. The number of anilines is 1. The van der Waals surface area contributed by atoms with Crippen molar-refractivity contribution in [2.24, 2.45) is 0 Å². The van der Waals surface area contributed by atoms with Gasteiger partial charge in [0.1, 0.15) is 12.6 Å². The molecule has 1 atom stereocenters. The molecule has 0 heterocycles. The van der Waals surface area contributed by atoms with Crippen LogP contribution in [0, 0.1) is 0 Å². The molecule has 0 bridgehead atoms. The van der Waals surface area contributed by atoms with Crippen LogP contribution in [0.5, 0.6) is 0 Å². The standard InChI is InChI=1S/C28H29Cl4N3O4S/c1-18(27(37)33-28(2,3)4)34(16-19-13-14-21(29)23(31)15-19)25(36)17-35(24-12-8-11-22(30)26(24)32)40(38,39)20-9-6-5-7-10-20/h5-15,18H,16-17H2,1-4H3,(H,33,37). The van der Waals surface area contributed by atoms with E-state index in [4.69, 9.17) is 46.4 Å². The quantitative estimate of drug-likeness (QED) is 0.277. The summed E-state index contributed by atoms with van der Waals surface area (Å²) in [5.74, 6) is -1.07. The number of benzene rings is 3. The van der Waals surface area contributed by atoms with E-state index in [1.807, 2.05) is 20.8 Å². The highest BCUT2D eigenvalue weighted by Crippen LogP contribution is 2.35. The van der Waals surface area contributed by atoms with Gasteiger partial charge in [-0.05, 0) is 69.7 Å². The molecule has 3 rings (SSSR count). The Morgan fingerprint density at radius 3 is 2.12 bits per heavy atom. The third-order valence-electron chi connectivity index (χ3n) is 5.81. The highest BCUT2D eigenvalue weighted by Gasteiger charge is 2.34. The van der Waals surface area contributed by atoms with Gasteiger partial charge in [-0.25, -0.2) is 8.42 Å². The van der Waals surface area contributed by atoms with E-state index >= 15 is 0 Å². The molecular formula is C28H29Cl4N3O4S. The van der Waals surface area contributed by atoms with Gasteiger partial charge in [0.2, 0.25) is 11.8 Å². The van der Waals surface area contributed by atoms with Crippen LogP contribution in [0.1, 0.15) is 33.3 Å². The molecular weight excluding hydrogens is 616 g/mol. The van der Waals surface area contributed by atoms with Gasteiger partial charge in [0.05, 0.1) is 30.7 Å². The first-order chi connectivity index (χ1) is 18.6. The van der Waals surface area contributed by atoms with Crippen molar-refractivity contribution in [3.05, 3.63) is 92.4 Å². The van der Waals surface area contributed by atoms with Crippen LogP contribution >= 0.6 is 46.4 Å².